The highest BCUT2D eigenvalue weighted by Crippen LogP contribution is 2.37. The zero-order valence-corrected chi connectivity index (χ0v) is 28.6. The van der Waals surface area contributed by atoms with Crippen LogP contribution in [0.15, 0.2) is 70.0 Å². The van der Waals surface area contributed by atoms with Gasteiger partial charge in [-0.3, -0.25) is 13.9 Å². The van der Waals surface area contributed by atoms with Crippen LogP contribution in [0.3, 0.4) is 0 Å². The van der Waals surface area contributed by atoms with Gasteiger partial charge in [0.2, 0.25) is 11.8 Å². The Morgan fingerprint density at radius 2 is 1.57 bits per heavy atom. The fraction of sp³-hybridized carbons (Fsp3) is 0.355. The minimum Gasteiger partial charge on any atom is -0.495 e. The number of hydrogen-bond donors (Lipinski definition) is 1. The molecule has 3 aromatic rings. The Labute approximate surface area is 272 Å². The van der Waals surface area contributed by atoms with Crippen LogP contribution in [-0.4, -0.2) is 65.6 Å². The summed E-state index contributed by atoms with van der Waals surface area (Å²) in [6.07, 6.45) is 0. The quantitative estimate of drug-likeness (QED) is 0.235. The van der Waals surface area contributed by atoms with Gasteiger partial charge in [-0.15, -0.1) is 0 Å². The molecule has 10 nitrogen and oxygen atoms in total. The highest BCUT2D eigenvalue weighted by molar-refractivity contribution is 9.10. The van der Waals surface area contributed by atoms with Gasteiger partial charge >= 0.3 is 0 Å². The number of benzene rings is 3. The number of ether oxygens (including phenoxy) is 3. The molecule has 0 aromatic heterocycles. The molecule has 0 heterocycles. The molecule has 1 N–H and O–H groups in total. The van der Waals surface area contributed by atoms with E-state index in [9.17, 15) is 18.0 Å². The second kappa shape index (κ2) is 15.5. The van der Waals surface area contributed by atoms with Crippen LogP contribution >= 0.6 is 27.5 Å². The predicted octanol–water partition coefficient (Wildman–Crippen LogP) is 5.51. The van der Waals surface area contributed by atoms with Crippen molar-refractivity contribution < 1.29 is 32.2 Å². The summed E-state index contributed by atoms with van der Waals surface area (Å²) in [5, 5.41) is 3.10. The van der Waals surface area contributed by atoms with E-state index in [-0.39, 0.29) is 45.5 Å². The molecule has 0 saturated heterocycles. The second-order valence-corrected chi connectivity index (χ2v) is 13.5. The Morgan fingerprint density at radius 1 is 0.909 bits per heavy atom. The number of anilines is 1. The lowest BCUT2D eigenvalue weighted by Gasteiger charge is -2.32. The van der Waals surface area contributed by atoms with Crippen LogP contribution in [-0.2, 0) is 26.2 Å². The van der Waals surface area contributed by atoms with Gasteiger partial charge in [0.25, 0.3) is 10.0 Å². The van der Waals surface area contributed by atoms with E-state index >= 15 is 0 Å². The molecule has 3 rings (SSSR count). The standard InChI is InChI=1S/C31H37BrClN3O7S/c1-20(2)17-34-31(38)21(3)35(18-22-8-7-9-23(32)14-22)30(37)19-36(26-15-24(33)10-12-27(26)41-4)44(39,40)25-11-13-28(42-5)29(16-25)43-6/h7-16,20-21H,17-19H2,1-6H3,(H,34,38). The predicted molar refractivity (Wildman–Crippen MR) is 174 cm³/mol. The van der Waals surface area contributed by atoms with Crippen LogP contribution in [0.5, 0.6) is 17.2 Å². The van der Waals surface area contributed by atoms with Gasteiger partial charge in [0.15, 0.2) is 11.5 Å². The molecule has 0 radical (unpaired) electrons. The Kier molecular flexibility index (Phi) is 12.3. The van der Waals surface area contributed by atoms with Crippen molar-refractivity contribution in [3.05, 3.63) is 75.7 Å². The van der Waals surface area contributed by atoms with Crippen LogP contribution in [0, 0.1) is 5.92 Å². The highest BCUT2D eigenvalue weighted by atomic mass is 79.9. The maximum absolute atomic E-state index is 14.3. The van der Waals surface area contributed by atoms with Crippen LogP contribution in [0.4, 0.5) is 5.69 Å². The number of carbonyl (C=O) groups is 2. The Balaban J connectivity index is 2.13. The second-order valence-electron chi connectivity index (χ2n) is 10.3. The lowest BCUT2D eigenvalue weighted by atomic mass is 10.1. The first-order valence-corrected chi connectivity index (χ1v) is 16.3. The van der Waals surface area contributed by atoms with Gasteiger partial charge in [-0.05, 0) is 60.9 Å². The summed E-state index contributed by atoms with van der Waals surface area (Å²) >= 11 is 9.76. The van der Waals surface area contributed by atoms with Gasteiger partial charge in [-0.2, -0.15) is 0 Å². The molecule has 1 unspecified atom stereocenters. The topological polar surface area (TPSA) is 114 Å². The van der Waals surface area contributed by atoms with Crippen molar-refractivity contribution in [3.8, 4) is 17.2 Å². The molecule has 0 aliphatic rings. The fourth-order valence-corrected chi connectivity index (χ4v) is 6.39. The van der Waals surface area contributed by atoms with Gasteiger partial charge in [0.1, 0.15) is 18.3 Å². The van der Waals surface area contributed by atoms with E-state index in [1.807, 2.05) is 38.1 Å². The Hall–Kier alpha value is -3.48. The van der Waals surface area contributed by atoms with E-state index in [1.54, 1.807) is 13.0 Å². The molecule has 3 aromatic carbocycles. The number of halogens is 2. The van der Waals surface area contributed by atoms with E-state index in [1.165, 1.54) is 56.6 Å². The van der Waals surface area contributed by atoms with Gasteiger partial charge in [-0.1, -0.05) is 53.5 Å². The largest absolute Gasteiger partial charge is 0.495 e. The first-order chi connectivity index (χ1) is 20.8. The van der Waals surface area contributed by atoms with E-state index in [0.29, 0.717) is 12.3 Å². The molecule has 0 spiro atoms. The molecule has 0 aliphatic heterocycles. The number of nitrogens with one attached hydrogen (secondary N) is 1. The summed E-state index contributed by atoms with van der Waals surface area (Å²) in [5.74, 6) is -0.106. The SMILES string of the molecule is COc1ccc(S(=O)(=O)N(CC(=O)N(Cc2cccc(Br)c2)C(C)C(=O)NCC(C)C)c2cc(Cl)ccc2OC)cc1OC. The zero-order valence-electron chi connectivity index (χ0n) is 25.5. The summed E-state index contributed by atoms with van der Waals surface area (Å²) in [4.78, 5) is 28.6. The van der Waals surface area contributed by atoms with Crippen LogP contribution in [0.25, 0.3) is 0 Å². The monoisotopic (exact) mass is 709 g/mol. The molecule has 0 bridgehead atoms. The van der Waals surface area contributed by atoms with E-state index in [0.717, 1.165) is 14.3 Å². The molecule has 2 amide bonds. The third-order valence-electron chi connectivity index (χ3n) is 6.73. The minimum absolute atomic E-state index is 0.0439. The summed E-state index contributed by atoms with van der Waals surface area (Å²) < 4.78 is 46.4. The highest BCUT2D eigenvalue weighted by Gasteiger charge is 2.34. The van der Waals surface area contributed by atoms with Crippen molar-refractivity contribution in [2.24, 2.45) is 5.92 Å². The summed E-state index contributed by atoms with van der Waals surface area (Å²) in [6, 6.07) is 15.0. The average molecular weight is 711 g/mol. The third kappa shape index (κ3) is 8.58. The number of amides is 2. The van der Waals surface area contributed by atoms with Gasteiger partial charge in [0, 0.05) is 28.7 Å². The third-order valence-corrected chi connectivity index (χ3v) is 9.21. The normalized spacial score (nSPS) is 11.9. The maximum atomic E-state index is 14.3. The molecule has 13 heteroatoms. The summed E-state index contributed by atoms with van der Waals surface area (Å²) in [7, 11) is -0.221. The number of rotatable bonds is 14. The molecule has 238 valence electrons. The molecule has 0 aliphatic carbocycles. The first kappa shape index (κ1) is 35.0. The van der Waals surface area contributed by atoms with Crippen molar-refractivity contribution >= 4 is 55.1 Å². The summed E-state index contributed by atoms with van der Waals surface area (Å²) in [6.45, 7) is 5.34. The minimum atomic E-state index is -4.43. The molecule has 0 saturated carbocycles. The van der Waals surface area contributed by atoms with Crippen molar-refractivity contribution in [2.45, 2.75) is 38.3 Å². The number of hydrogen-bond acceptors (Lipinski definition) is 7. The Morgan fingerprint density at radius 3 is 2.18 bits per heavy atom. The van der Waals surface area contributed by atoms with Crippen molar-refractivity contribution in [1.29, 1.82) is 0 Å². The maximum Gasteiger partial charge on any atom is 0.265 e. The van der Waals surface area contributed by atoms with E-state index in [2.05, 4.69) is 21.2 Å². The molecule has 1 atom stereocenters. The van der Waals surface area contributed by atoms with Crippen LogP contribution in [0.2, 0.25) is 5.02 Å². The van der Waals surface area contributed by atoms with Gasteiger partial charge < -0.3 is 24.4 Å². The van der Waals surface area contributed by atoms with Crippen molar-refractivity contribution in [3.63, 3.8) is 0 Å². The van der Waals surface area contributed by atoms with Crippen molar-refractivity contribution in [1.82, 2.24) is 10.2 Å². The average Bonchev–Trinajstić information content (AvgIpc) is 3.00. The van der Waals surface area contributed by atoms with Crippen LogP contribution in [0.1, 0.15) is 26.3 Å². The molecule has 44 heavy (non-hydrogen) atoms. The van der Waals surface area contributed by atoms with Gasteiger partial charge in [-0.25, -0.2) is 8.42 Å². The van der Waals surface area contributed by atoms with E-state index in [4.69, 9.17) is 25.8 Å². The molecular formula is C31H37BrClN3O7S. The fourth-order valence-electron chi connectivity index (χ4n) is 4.34. The molecule has 0 fully saturated rings. The van der Waals surface area contributed by atoms with Crippen LogP contribution < -0.4 is 23.8 Å². The lowest BCUT2D eigenvalue weighted by molar-refractivity contribution is -0.139. The first-order valence-electron chi connectivity index (χ1n) is 13.7. The number of carbonyl (C=O) groups excluding carboxylic acids is 2. The van der Waals surface area contributed by atoms with Crippen molar-refractivity contribution in [2.75, 3.05) is 38.7 Å². The molecular weight excluding hydrogens is 674 g/mol. The van der Waals surface area contributed by atoms with Gasteiger partial charge in [0.05, 0.1) is 31.9 Å². The number of nitrogens with zero attached hydrogens (tertiary/aromatic N) is 2. The number of methoxy groups -OCH3 is 3. The summed E-state index contributed by atoms with van der Waals surface area (Å²) in [5.41, 5.74) is 0.785. The number of sulfonamides is 1. The smallest absolute Gasteiger partial charge is 0.265 e. The van der Waals surface area contributed by atoms with E-state index < -0.39 is 28.5 Å². The lowest BCUT2D eigenvalue weighted by Crippen LogP contribution is -2.51. The Bertz CT molecular complexity index is 1590. The zero-order chi connectivity index (χ0) is 32.6.